The van der Waals surface area contributed by atoms with E-state index < -0.39 is 0 Å². The van der Waals surface area contributed by atoms with Crippen LogP contribution in [-0.4, -0.2) is 24.1 Å². The van der Waals surface area contributed by atoms with Crippen LogP contribution in [0.25, 0.3) is 0 Å². The van der Waals surface area contributed by atoms with Gasteiger partial charge in [-0.05, 0) is 45.6 Å². The molecule has 3 nitrogen and oxygen atoms in total. The van der Waals surface area contributed by atoms with E-state index in [4.69, 9.17) is 0 Å². The highest BCUT2D eigenvalue weighted by molar-refractivity contribution is 5.46. The molecular weight excluding hydrogens is 246 g/mol. The second-order valence-corrected chi connectivity index (χ2v) is 7.12. The van der Waals surface area contributed by atoms with E-state index in [0.29, 0.717) is 0 Å². The Morgan fingerprint density at radius 1 is 1.30 bits per heavy atom. The Morgan fingerprint density at radius 2 is 2.00 bits per heavy atom. The molecular formula is C17H29N3. The van der Waals surface area contributed by atoms with Crippen LogP contribution < -0.4 is 10.2 Å². The summed E-state index contributed by atoms with van der Waals surface area (Å²) in [4.78, 5) is 6.95. The van der Waals surface area contributed by atoms with Crippen LogP contribution in [0.2, 0.25) is 0 Å². The van der Waals surface area contributed by atoms with Crippen LogP contribution in [0.5, 0.6) is 0 Å². The highest BCUT2D eigenvalue weighted by atomic mass is 15.2. The molecule has 0 radical (unpaired) electrons. The third-order valence-corrected chi connectivity index (χ3v) is 4.05. The second kappa shape index (κ2) is 6.57. The molecule has 1 aliphatic rings. The first-order chi connectivity index (χ1) is 9.46. The molecule has 1 aromatic rings. The molecule has 2 rings (SSSR count). The van der Waals surface area contributed by atoms with Gasteiger partial charge in [0.25, 0.3) is 0 Å². The molecule has 1 saturated carbocycles. The topological polar surface area (TPSA) is 28.2 Å². The van der Waals surface area contributed by atoms with Crippen molar-refractivity contribution in [1.29, 1.82) is 0 Å². The molecule has 0 unspecified atom stereocenters. The summed E-state index contributed by atoms with van der Waals surface area (Å²) in [5, 5.41) is 3.56. The molecule has 0 spiro atoms. The Kier molecular flexibility index (Phi) is 5.03. The molecule has 1 N–H and O–H groups in total. The molecule has 1 fully saturated rings. The van der Waals surface area contributed by atoms with Crippen molar-refractivity contribution in [2.45, 2.75) is 58.5 Å². The van der Waals surface area contributed by atoms with Crippen LogP contribution in [0.15, 0.2) is 18.3 Å². The van der Waals surface area contributed by atoms with Crippen molar-refractivity contribution in [1.82, 2.24) is 10.3 Å². The first-order valence-corrected chi connectivity index (χ1v) is 7.86. The van der Waals surface area contributed by atoms with Crippen LogP contribution in [0.1, 0.15) is 52.0 Å². The molecule has 0 aromatic carbocycles. The molecule has 1 aromatic heterocycles. The number of rotatable bonds is 5. The van der Waals surface area contributed by atoms with Crippen LogP contribution >= 0.6 is 0 Å². The lowest BCUT2D eigenvalue weighted by molar-refractivity contribution is 0.423. The van der Waals surface area contributed by atoms with Crippen molar-refractivity contribution in [3.63, 3.8) is 0 Å². The molecule has 0 bridgehead atoms. The minimum absolute atomic E-state index is 0.136. The van der Waals surface area contributed by atoms with Crippen LogP contribution in [0, 0.1) is 5.92 Å². The van der Waals surface area contributed by atoms with Gasteiger partial charge in [0.15, 0.2) is 0 Å². The number of nitrogens with zero attached hydrogens (tertiary/aromatic N) is 2. The molecule has 112 valence electrons. The fourth-order valence-electron chi connectivity index (χ4n) is 2.94. The van der Waals surface area contributed by atoms with Crippen molar-refractivity contribution in [2.24, 2.45) is 5.92 Å². The lowest BCUT2D eigenvalue weighted by Crippen LogP contribution is -2.36. The molecule has 1 heterocycles. The average molecular weight is 275 g/mol. The van der Waals surface area contributed by atoms with E-state index in [-0.39, 0.29) is 5.54 Å². The molecule has 20 heavy (non-hydrogen) atoms. The Hall–Kier alpha value is -1.09. The third kappa shape index (κ3) is 4.48. The minimum Gasteiger partial charge on any atom is -0.359 e. The third-order valence-electron chi connectivity index (χ3n) is 4.05. The van der Waals surface area contributed by atoms with E-state index in [2.05, 4.69) is 49.1 Å². The number of pyridine rings is 1. The van der Waals surface area contributed by atoms with Gasteiger partial charge in [0, 0.05) is 37.4 Å². The molecule has 0 saturated heterocycles. The van der Waals surface area contributed by atoms with Crippen molar-refractivity contribution in [3.05, 3.63) is 23.9 Å². The zero-order chi connectivity index (χ0) is 14.6. The van der Waals surface area contributed by atoms with E-state index in [1.54, 1.807) is 0 Å². The van der Waals surface area contributed by atoms with Crippen LogP contribution in [0.4, 0.5) is 5.82 Å². The highest BCUT2D eigenvalue weighted by Crippen LogP contribution is 2.27. The quantitative estimate of drug-likeness (QED) is 0.890. The zero-order valence-corrected chi connectivity index (χ0v) is 13.4. The summed E-state index contributed by atoms with van der Waals surface area (Å²) >= 11 is 0. The van der Waals surface area contributed by atoms with E-state index in [1.807, 2.05) is 12.3 Å². The van der Waals surface area contributed by atoms with Crippen molar-refractivity contribution in [2.75, 3.05) is 18.5 Å². The van der Waals surface area contributed by atoms with Gasteiger partial charge in [0.1, 0.15) is 5.82 Å². The van der Waals surface area contributed by atoms with Gasteiger partial charge in [-0.1, -0.05) is 18.9 Å². The van der Waals surface area contributed by atoms with E-state index in [0.717, 1.165) is 24.8 Å². The summed E-state index contributed by atoms with van der Waals surface area (Å²) in [5.74, 6) is 1.99. The predicted octanol–water partition coefficient (Wildman–Crippen LogP) is 3.60. The Labute approximate surface area is 123 Å². The number of hydrogen-bond acceptors (Lipinski definition) is 3. The molecule has 0 amide bonds. The first kappa shape index (κ1) is 15.3. The maximum Gasteiger partial charge on any atom is 0.132 e. The number of nitrogens with one attached hydrogen (secondary N) is 1. The average Bonchev–Trinajstić information content (AvgIpc) is 2.88. The smallest absolute Gasteiger partial charge is 0.132 e. The van der Waals surface area contributed by atoms with Crippen LogP contribution in [-0.2, 0) is 6.54 Å². The first-order valence-electron chi connectivity index (χ1n) is 7.86. The molecule has 3 heteroatoms. The Bertz CT molecular complexity index is 416. The molecule has 1 aliphatic carbocycles. The van der Waals surface area contributed by atoms with E-state index in [1.165, 1.54) is 31.2 Å². The normalized spacial score (nSPS) is 16.6. The summed E-state index contributed by atoms with van der Waals surface area (Å²) in [6, 6.07) is 4.22. The van der Waals surface area contributed by atoms with Crippen molar-refractivity contribution in [3.8, 4) is 0 Å². The summed E-state index contributed by atoms with van der Waals surface area (Å²) in [6.07, 6.45) is 7.47. The van der Waals surface area contributed by atoms with Crippen molar-refractivity contribution < 1.29 is 0 Å². The number of hydrogen-bond donors (Lipinski definition) is 1. The molecule has 0 atom stereocenters. The fourth-order valence-corrected chi connectivity index (χ4v) is 2.94. The highest BCUT2D eigenvalue weighted by Gasteiger charge is 2.19. The van der Waals surface area contributed by atoms with Gasteiger partial charge in [-0.15, -0.1) is 0 Å². The Balaban J connectivity index is 2.02. The standard InChI is InChI=1S/C17H29N3/c1-17(2,3)19-12-15-10-7-11-18-16(15)20(4)13-14-8-5-6-9-14/h7,10-11,14,19H,5-6,8-9,12-13H2,1-4H3. The number of anilines is 1. The summed E-state index contributed by atoms with van der Waals surface area (Å²) in [7, 11) is 2.18. The van der Waals surface area contributed by atoms with Gasteiger partial charge < -0.3 is 10.2 Å². The van der Waals surface area contributed by atoms with E-state index in [9.17, 15) is 0 Å². The van der Waals surface area contributed by atoms with Gasteiger partial charge in [0.05, 0.1) is 0 Å². The Morgan fingerprint density at radius 3 is 2.65 bits per heavy atom. The zero-order valence-electron chi connectivity index (χ0n) is 13.4. The van der Waals surface area contributed by atoms with Crippen LogP contribution in [0.3, 0.4) is 0 Å². The van der Waals surface area contributed by atoms with Gasteiger partial charge in [-0.25, -0.2) is 4.98 Å². The summed E-state index contributed by atoms with van der Waals surface area (Å²) in [6.45, 7) is 8.61. The van der Waals surface area contributed by atoms with Crippen molar-refractivity contribution >= 4 is 5.82 Å². The van der Waals surface area contributed by atoms with Gasteiger partial charge in [-0.2, -0.15) is 0 Å². The SMILES string of the molecule is CN(CC1CCCC1)c1ncccc1CNC(C)(C)C. The maximum atomic E-state index is 4.61. The minimum atomic E-state index is 0.136. The van der Waals surface area contributed by atoms with Gasteiger partial charge in [0.2, 0.25) is 0 Å². The fraction of sp³-hybridized carbons (Fsp3) is 0.706. The summed E-state index contributed by atoms with van der Waals surface area (Å²) in [5.41, 5.74) is 1.43. The second-order valence-electron chi connectivity index (χ2n) is 7.12. The van der Waals surface area contributed by atoms with Gasteiger partial charge in [-0.3, -0.25) is 0 Å². The lowest BCUT2D eigenvalue weighted by atomic mass is 10.1. The largest absolute Gasteiger partial charge is 0.359 e. The maximum absolute atomic E-state index is 4.61. The number of aromatic nitrogens is 1. The monoisotopic (exact) mass is 275 g/mol. The molecule has 0 aliphatic heterocycles. The van der Waals surface area contributed by atoms with E-state index >= 15 is 0 Å². The van der Waals surface area contributed by atoms with Gasteiger partial charge >= 0.3 is 0 Å². The lowest BCUT2D eigenvalue weighted by Gasteiger charge is -2.26. The predicted molar refractivity (Wildman–Crippen MR) is 86.1 cm³/mol. The summed E-state index contributed by atoms with van der Waals surface area (Å²) < 4.78 is 0.